The predicted octanol–water partition coefficient (Wildman–Crippen LogP) is 2.34. The van der Waals surface area contributed by atoms with E-state index in [0.29, 0.717) is 43.5 Å². The van der Waals surface area contributed by atoms with Crippen molar-refractivity contribution in [3.05, 3.63) is 29.8 Å². The fourth-order valence-corrected chi connectivity index (χ4v) is 6.53. The summed E-state index contributed by atoms with van der Waals surface area (Å²) in [5, 5.41) is 0. The largest absolute Gasteiger partial charge is 0.341 e. The lowest BCUT2D eigenvalue weighted by atomic mass is 9.75. The molecule has 1 aliphatic carbocycles. The molecule has 2 aliphatic heterocycles. The number of nitrogens with zero attached hydrogens (tertiary/aromatic N) is 3. The van der Waals surface area contributed by atoms with E-state index in [0.717, 1.165) is 31.0 Å². The van der Waals surface area contributed by atoms with Crippen LogP contribution < -0.4 is 0 Å². The molecule has 1 amide bonds. The van der Waals surface area contributed by atoms with Crippen molar-refractivity contribution in [1.82, 2.24) is 14.1 Å². The summed E-state index contributed by atoms with van der Waals surface area (Å²) in [7, 11) is -3.45. The molecule has 1 saturated carbocycles. The fourth-order valence-electron chi connectivity index (χ4n) is 5.11. The van der Waals surface area contributed by atoms with Crippen molar-refractivity contribution in [3.8, 4) is 0 Å². The Balaban J connectivity index is 1.28. The Kier molecular flexibility index (Phi) is 6.27. The molecule has 0 bridgehead atoms. The number of sulfonamides is 1. The zero-order valence-electron chi connectivity index (χ0n) is 17.4. The van der Waals surface area contributed by atoms with Crippen LogP contribution >= 0.6 is 0 Å². The molecule has 0 unspecified atom stereocenters. The normalized spacial score (nSPS) is 26.9. The highest BCUT2D eigenvalue weighted by Gasteiger charge is 2.34. The van der Waals surface area contributed by atoms with Gasteiger partial charge in [-0.15, -0.1) is 0 Å². The number of hydrogen-bond donors (Lipinski definition) is 0. The van der Waals surface area contributed by atoms with Gasteiger partial charge in [-0.25, -0.2) is 8.42 Å². The molecule has 0 spiro atoms. The molecule has 29 heavy (non-hydrogen) atoms. The molecule has 6 nitrogen and oxygen atoms in total. The van der Waals surface area contributed by atoms with Gasteiger partial charge in [0, 0.05) is 39.3 Å². The molecule has 0 aromatic heterocycles. The number of amides is 1. The molecule has 1 aromatic carbocycles. The van der Waals surface area contributed by atoms with E-state index in [2.05, 4.69) is 9.80 Å². The van der Waals surface area contributed by atoms with Crippen LogP contribution in [-0.2, 0) is 14.8 Å². The van der Waals surface area contributed by atoms with Crippen LogP contribution in [0.3, 0.4) is 0 Å². The Morgan fingerprint density at radius 1 is 0.931 bits per heavy atom. The van der Waals surface area contributed by atoms with E-state index in [1.165, 1.54) is 25.7 Å². The van der Waals surface area contributed by atoms with Crippen LogP contribution in [0.4, 0.5) is 0 Å². The summed E-state index contributed by atoms with van der Waals surface area (Å²) >= 11 is 0. The molecule has 3 fully saturated rings. The first-order chi connectivity index (χ1) is 13.9. The van der Waals surface area contributed by atoms with E-state index in [1.807, 2.05) is 19.1 Å². The molecule has 1 aromatic rings. The molecule has 7 heteroatoms. The highest BCUT2D eigenvalue weighted by atomic mass is 32.2. The third-order valence-corrected chi connectivity index (χ3v) is 8.91. The lowest BCUT2D eigenvalue weighted by Gasteiger charge is -2.42. The van der Waals surface area contributed by atoms with Crippen LogP contribution in [-0.4, -0.2) is 74.2 Å². The van der Waals surface area contributed by atoms with Gasteiger partial charge in [0.1, 0.15) is 0 Å². The topological polar surface area (TPSA) is 60.9 Å². The van der Waals surface area contributed by atoms with Gasteiger partial charge in [0.2, 0.25) is 15.9 Å². The number of benzene rings is 1. The van der Waals surface area contributed by atoms with Crippen LogP contribution in [0.1, 0.15) is 37.7 Å². The summed E-state index contributed by atoms with van der Waals surface area (Å²) in [4.78, 5) is 17.3. The van der Waals surface area contributed by atoms with Crippen LogP contribution in [0.25, 0.3) is 0 Å². The average molecular weight is 420 g/mol. The molecule has 2 heterocycles. The predicted molar refractivity (Wildman–Crippen MR) is 113 cm³/mol. The molecule has 0 radical (unpaired) electrons. The number of carbonyl (C=O) groups is 1. The van der Waals surface area contributed by atoms with Crippen molar-refractivity contribution >= 4 is 15.9 Å². The number of hydrogen-bond acceptors (Lipinski definition) is 4. The van der Waals surface area contributed by atoms with Crippen molar-refractivity contribution in [2.45, 2.75) is 43.9 Å². The van der Waals surface area contributed by atoms with E-state index in [1.54, 1.807) is 16.4 Å². The van der Waals surface area contributed by atoms with Crippen molar-refractivity contribution < 1.29 is 13.2 Å². The summed E-state index contributed by atoms with van der Waals surface area (Å²) in [6.07, 6.45) is 6.42. The third-order valence-electron chi connectivity index (χ3n) is 6.99. The maximum Gasteiger partial charge on any atom is 0.243 e. The number of carbonyl (C=O) groups excluding carboxylic acids is 1. The maximum absolute atomic E-state index is 12.8. The lowest BCUT2D eigenvalue weighted by Crippen LogP contribution is -2.53. The SMILES string of the molecule is Cc1ccc(S(=O)(=O)N2CCN(CC(=O)N3CC[C@@H]4CCCC[C@H]4C3)CC2)cc1. The average Bonchev–Trinajstić information content (AvgIpc) is 2.74. The standard InChI is InChI=1S/C22H33N3O3S/c1-18-6-8-21(9-7-18)29(27,28)25-14-12-23(13-15-25)17-22(26)24-11-10-19-4-2-3-5-20(19)16-24/h6-9,19-20H,2-5,10-17H2,1H3/t19-,20-/m0/s1. The molecular formula is C22H33N3O3S. The van der Waals surface area contributed by atoms with Crippen molar-refractivity contribution in [1.29, 1.82) is 0 Å². The smallest absolute Gasteiger partial charge is 0.243 e. The van der Waals surface area contributed by atoms with Crippen molar-refractivity contribution in [2.75, 3.05) is 45.8 Å². The minimum Gasteiger partial charge on any atom is -0.341 e. The Morgan fingerprint density at radius 2 is 1.59 bits per heavy atom. The Hall–Kier alpha value is -1.44. The van der Waals surface area contributed by atoms with Crippen molar-refractivity contribution in [2.24, 2.45) is 11.8 Å². The molecule has 2 saturated heterocycles. The number of rotatable bonds is 4. The van der Waals surface area contributed by atoms with Gasteiger partial charge < -0.3 is 4.90 Å². The molecule has 4 rings (SSSR count). The molecule has 2 atom stereocenters. The summed E-state index contributed by atoms with van der Waals surface area (Å²) in [5.41, 5.74) is 1.05. The highest BCUT2D eigenvalue weighted by Crippen LogP contribution is 2.36. The van der Waals surface area contributed by atoms with Crippen LogP contribution in [0.2, 0.25) is 0 Å². The van der Waals surface area contributed by atoms with Crippen molar-refractivity contribution in [3.63, 3.8) is 0 Å². The minimum atomic E-state index is -3.45. The summed E-state index contributed by atoms with van der Waals surface area (Å²) in [6.45, 7) is 6.27. The molecule has 160 valence electrons. The van der Waals surface area contributed by atoms with Gasteiger partial charge in [-0.3, -0.25) is 9.69 Å². The second kappa shape index (κ2) is 8.74. The zero-order chi connectivity index (χ0) is 20.4. The van der Waals surface area contributed by atoms with Gasteiger partial charge in [0.15, 0.2) is 0 Å². The van der Waals surface area contributed by atoms with E-state index < -0.39 is 10.0 Å². The van der Waals surface area contributed by atoms with E-state index >= 15 is 0 Å². The van der Waals surface area contributed by atoms with Gasteiger partial charge in [-0.1, -0.05) is 37.0 Å². The maximum atomic E-state index is 12.8. The Bertz CT molecular complexity index is 816. The number of likely N-dealkylation sites (tertiary alicyclic amines) is 1. The van der Waals surface area contributed by atoms with Gasteiger partial charge in [0.05, 0.1) is 11.4 Å². The van der Waals surface area contributed by atoms with Gasteiger partial charge in [-0.05, 0) is 43.7 Å². The van der Waals surface area contributed by atoms with E-state index in [9.17, 15) is 13.2 Å². The van der Waals surface area contributed by atoms with Gasteiger partial charge in [-0.2, -0.15) is 4.31 Å². The highest BCUT2D eigenvalue weighted by molar-refractivity contribution is 7.89. The quantitative estimate of drug-likeness (QED) is 0.752. The van der Waals surface area contributed by atoms with Gasteiger partial charge in [0.25, 0.3) is 0 Å². The minimum absolute atomic E-state index is 0.212. The van der Waals surface area contributed by atoms with Crippen LogP contribution in [0, 0.1) is 18.8 Å². The third kappa shape index (κ3) is 4.67. The van der Waals surface area contributed by atoms with Gasteiger partial charge >= 0.3 is 0 Å². The van der Waals surface area contributed by atoms with E-state index in [4.69, 9.17) is 0 Å². The Labute approximate surface area is 174 Å². The second-order valence-electron chi connectivity index (χ2n) is 8.93. The first kappa shape index (κ1) is 20.8. The number of aryl methyl sites for hydroxylation is 1. The second-order valence-corrected chi connectivity index (χ2v) is 10.9. The Morgan fingerprint density at radius 3 is 2.28 bits per heavy atom. The molecular weight excluding hydrogens is 386 g/mol. The molecule has 3 aliphatic rings. The summed E-state index contributed by atoms with van der Waals surface area (Å²) in [5.74, 6) is 1.73. The zero-order valence-corrected chi connectivity index (χ0v) is 18.2. The first-order valence-corrected chi connectivity index (χ1v) is 12.4. The summed E-state index contributed by atoms with van der Waals surface area (Å²) in [6, 6.07) is 7.01. The number of piperidine rings is 1. The fraction of sp³-hybridized carbons (Fsp3) is 0.682. The number of fused-ring (bicyclic) bond motifs is 1. The van der Waals surface area contributed by atoms with Crippen LogP contribution in [0.5, 0.6) is 0 Å². The number of piperazine rings is 1. The summed E-state index contributed by atoms with van der Waals surface area (Å²) < 4.78 is 27.2. The molecule has 0 N–H and O–H groups in total. The van der Waals surface area contributed by atoms with E-state index in [-0.39, 0.29) is 5.91 Å². The monoisotopic (exact) mass is 419 g/mol. The van der Waals surface area contributed by atoms with Crippen LogP contribution in [0.15, 0.2) is 29.2 Å². The first-order valence-electron chi connectivity index (χ1n) is 11.0. The lowest BCUT2D eigenvalue weighted by molar-refractivity contribution is -0.135.